The molecule has 3 N–H and O–H groups in total. The lowest BCUT2D eigenvalue weighted by molar-refractivity contribution is -0.137. The van der Waals surface area contributed by atoms with Gasteiger partial charge in [-0.15, -0.1) is 0 Å². The zero-order valence-corrected chi connectivity index (χ0v) is 12.7. The fourth-order valence-corrected chi connectivity index (χ4v) is 2.18. The third-order valence-corrected chi connectivity index (χ3v) is 3.25. The fourth-order valence-electron chi connectivity index (χ4n) is 1.69. The van der Waals surface area contributed by atoms with Gasteiger partial charge in [-0.05, 0) is 36.4 Å². The molecule has 0 aromatic heterocycles. The van der Waals surface area contributed by atoms with Crippen LogP contribution in [0.4, 0.5) is 29.3 Å². The van der Waals surface area contributed by atoms with Gasteiger partial charge in [-0.25, -0.2) is 4.79 Å². The Kier molecular flexibility index (Phi) is 4.91. The van der Waals surface area contributed by atoms with Crippen molar-refractivity contribution in [2.75, 3.05) is 10.6 Å². The summed E-state index contributed by atoms with van der Waals surface area (Å²) in [6, 6.07) is 5.66. The number of carbonyl (C=O) groups is 1. The number of benzene rings is 2. The average Bonchev–Trinajstić information content (AvgIpc) is 2.43. The number of carbonyl (C=O) groups excluding carboxylic acids is 1. The number of aromatic hydroxyl groups is 1. The predicted molar refractivity (Wildman–Crippen MR) is 82.2 cm³/mol. The summed E-state index contributed by atoms with van der Waals surface area (Å²) in [5.74, 6) is -0.376. The summed E-state index contributed by atoms with van der Waals surface area (Å²) in [7, 11) is 0. The van der Waals surface area contributed by atoms with E-state index in [4.69, 9.17) is 23.2 Å². The van der Waals surface area contributed by atoms with Gasteiger partial charge in [0, 0.05) is 10.7 Å². The number of halogens is 5. The van der Waals surface area contributed by atoms with Gasteiger partial charge in [-0.2, -0.15) is 13.2 Å². The Bertz CT molecular complexity index is 734. The van der Waals surface area contributed by atoms with Crippen molar-refractivity contribution >= 4 is 40.6 Å². The van der Waals surface area contributed by atoms with Crippen molar-refractivity contribution in [3.8, 4) is 5.75 Å². The molecule has 0 spiro atoms. The molecule has 9 heteroatoms. The molecule has 4 nitrogen and oxygen atoms in total. The van der Waals surface area contributed by atoms with Crippen LogP contribution in [0.5, 0.6) is 5.75 Å². The molecule has 122 valence electrons. The van der Waals surface area contributed by atoms with E-state index in [1.807, 2.05) is 0 Å². The topological polar surface area (TPSA) is 61.4 Å². The van der Waals surface area contributed by atoms with E-state index in [0.29, 0.717) is 0 Å². The van der Waals surface area contributed by atoms with Crippen molar-refractivity contribution in [1.29, 1.82) is 0 Å². The molecule has 0 bridgehead atoms. The normalized spacial score (nSPS) is 11.2. The van der Waals surface area contributed by atoms with E-state index in [1.165, 1.54) is 12.1 Å². The van der Waals surface area contributed by atoms with Crippen LogP contribution < -0.4 is 10.6 Å². The van der Waals surface area contributed by atoms with Crippen molar-refractivity contribution in [3.05, 3.63) is 52.0 Å². The highest BCUT2D eigenvalue weighted by Crippen LogP contribution is 2.35. The molecule has 0 aliphatic carbocycles. The quantitative estimate of drug-likeness (QED) is 0.628. The first-order chi connectivity index (χ1) is 10.7. The van der Waals surface area contributed by atoms with Crippen LogP contribution in [0.15, 0.2) is 36.4 Å². The molecule has 0 aliphatic heterocycles. The van der Waals surface area contributed by atoms with Gasteiger partial charge in [0.15, 0.2) is 5.75 Å². The number of alkyl halides is 3. The number of nitrogens with one attached hydrogen (secondary N) is 2. The lowest BCUT2D eigenvalue weighted by Gasteiger charge is -2.11. The minimum Gasteiger partial charge on any atom is -0.504 e. The van der Waals surface area contributed by atoms with Crippen LogP contribution in [0.25, 0.3) is 0 Å². The van der Waals surface area contributed by atoms with Crippen molar-refractivity contribution in [2.24, 2.45) is 0 Å². The molecule has 0 fully saturated rings. The molecule has 0 heterocycles. The smallest absolute Gasteiger partial charge is 0.416 e. The average molecular weight is 365 g/mol. The van der Waals surface area contributed by atoms with E-state index in [2.05, 4.69) is 10.6 Å². The van der Waals surface area contributed by atoms with Crippen molar-refractivity contribution in [2.45, 2.75) is 6.18 Å². The van der Waals surface area contributed by atoms with Crippen LogP contribution in [0.3, 0.4) is 0 Å². The van der Waals surface area contributed by atoms with E-state index in [1.54, 1.807) is 0 Å². The first-order valence-electron chi connectivity index (χ1n) is 6.10. The van der Waals surface area contributed by atoms with Crippen molar-refractivity contribution in [3.63, 3.8) is 0 Å². The predicted octanol–water partition coefficient (Wildman–Crippen LogP) is 5.36. The molecule has 0 saturated heterocycles. The Balaban J connectivity index is 2.08. The number of rotatable bonds is 2. The molecule has 0 unspecified atom stereocenters. The molecular weight excluding hydrogens is 356 g/mol. The summed E-state index contributed by atoms with van der Waals surface area (Å²) in [5.41, 5.74) is -0.724. The van der Waals surface area contributed by atoms with Gasteiger partial charge in [-0.1, -0.05) is 23.2 Å². The molecule has 2 aromatic rings. The summed E-state index contributed by atoms with van der Waals surface area (Å²) in [6.45, 7) is 0. The lowest BCUT2D eigenvalue weighted by Crippen LogP contribution is -2.19. The molecular formula is C14H9Cl2F3N2O2. The summed E-state index contributed by atoms with van der Waals surface area (Å²) in [5, 5.41) is 14.5. The molecule has 0 radical (unpaired) electrons. The van der Waals surface area contributed by atoms with E-state index in [-0.39, 0.29) is 27.2 Å². The molecule has 0 atom stereocenters. The number of anilines is 2. The minimum absolute atomic E-state index is 0.0353. The second-order valence-corrected chi connectivity index (χ2v) is 5.28. The third kappa shape index (κ3) is 4.43. The van der Waals surface area contributed by atoms with Crippen molar-refractivity contribution < 1.29 is 23.1 Å². The van der Waals surface area contributed by atoms with Crippen LogP contribution in [-0.2, 0) is 6.18 Å². The first kappa shape index (κ1) is 17.2. The molecule has 23 heavy (non-hydrogen) atoms. The Hall–Kier alpha value is -2.12. The SMILES string of the molecule is O=C(Nc1ccc(C(F)(F)F)cc1)Nc1cc(Cl)cc(Cl)c1O. The van der Waals surface area contributed by atoms with E-state index < -0.39 is 17.8 Å². The molecule has 0 saturated carbocycles. The maximum atomic E-state index is 12.4. The molecule has 2 amide bonds. The van der Waals surface area contributed by atoms with Crippen LogP contribution in [0.1, 0.15) is 5.56 Å². The summed E-state index contributed by atoms with van der Waals surface area (Å²) in [6.07, 6.45) is -4.45. The maximum absolute atomic E-state index is 12.4. The molecule has 2 rings (SSSR count). The monoisotopic (exact) mass is 364 g/mol. The van der Waals surface area contributed by atoms with Gasteiger partial charge < -0.3 is 15.7 Å². The van der Waals surface area contributed by atoms with Crippen LogP contribution in [0.2, 0.25) is 10.0 Å². The number of phenolic OH excluding ortho intramolecular Hbond substituents is 1. The zero-order valence-electron chi connectivity index (χ0n) is 11.2. The number of urea groups is 1. The zero-order chi connectivity index (χ0) is 17.2. The van der Waals surface area contributed by atoms with Crippen LogP contribution >= 0.6 is 23.2 Å². The van der Waals surface area contributed by atoms with E-state index in [0.717, 1.165) is 24.3 Å². The van der Waals surface area contributed by atoms with Crippen LogP contribution in [0, 0.1) is 0 Å². The standard InChI is InChI=1S/C14H9Cl2F3N2O2/c15-8-5-10(16)12(22)11(6-8)21-13(23)20-9-3-1-7(2-4-9)14(17,18)19/h1-6,22H,(H2,20,21,23). The van der Waals surface area contributed by atoms with Gasteiger partial charge in [0.1, 0.15) is 0 Å². The highest BCUT2D eigenvalue weighted by molar-refractivity contribution is 6.36. The van der Waals surface area contributed by atoms with Gasteiger partial charge in [0.2, 0.25) is 0 Å². The lowest BCUT2D eigenvalue weighted by atomic mass is 10.2. The highest BCUT2D eigenvalue weighted by Gasteiger charge is 2.30. The van der Waals surface area contributed by atoms with Gasteiger partial charge in [0.05, 0.1) is 16.3 Å². The number of phenols is 1. The highest BCUT2D eigenvalue weighted by atomic mass is 35.5. The Morgan fingerprint density at radius 2 is 1.65 bits per heavy atom. The maximum Gasteiger partial charge on any atom is 0.416 e. The third-order valence-electron chi connectivity index (χ3n) is 2.75. The number of amides is 2. The number of hydrogen-bond acceptors (Lipinski definition) is 2. The second kappa shape index (κ2) is 6.55. The van der Waals surface area contributed by atoms with Crippen LogP contribution in [-0.4, -0.2) is 11.1 Å². The summed E-state index contributed by atoms with van der Waals surface area (Å²) in [4.78, 5) is 11.8. The van der Waals surface area contributed by atoms with E-state index >= 15 is 0 Å². The molecule has 2 aromatic carbocycles. The first-order valence-corrected chi connectivity index (χ1v) is 6.85. The van der Waals surface area contributed by atoms with E-state index in [9.17, 15) is 23.1 Å². The minimum atomic E-state index is -4.45. The number of hydrogen-bond donors (Lipinski definition) is 3. The second-order valence-electron chi connectivity index (χ2n) is 4.44. The Morgan fingerprint density at radius 1 is 1.04 bits per heavy atom. The Morgan fingerprint density at radius 3 is 2.22 bits per heavy atom. The Labute approximate surface area is 138 Å². The summed E-state index contributed by atoms with van der Waals surface area (Å²) >= 11 is 11.5. The van der Waals surface area contributed by atoms with Crippen molar-refractivity contribution in [1.82, 2.24) is 0 Å². The molecule has 0 aliphatic rings. The van der Waals surface area contributed by atoms with Gasteiger partial charge in [-0.3, -0.25) is 0 Å². The fraction of sp³-hybridized carbons (Fsp3) is 0.0714. The largest absolute Gasteiger partial charge is 0.504 e. The van der Waals surface area contributed by atoms with Gasteiger partial charge >= 0.3 is 12.2 Å². The summed E-state index contributed by atoms with van der Waals surface area (Å²) < 4.78 is 37.3. The van der Waals surface area contributed by atoms with Gasteiger partial charge in [0.25, 0.3) is 0 Å².